The normalized spacial score (nSPS) is 11.0. The molecule has 160 valence electrons. The number of imidazole rings is 1. The van der Waals surface area contributed by atoms with Crippen molar-refractivity contribution in [2.45, 2.75) is 36.9 Å². The summed E-state index contributed by atoms with van der Waals surface area (Å²) >= 11 is 1.46. The van der Waals surface area contributed by atoms with Crippen molar-refractivity contribution in [2.75, 3.05) is 13.2 Å². The van der Waals surface area contributed by atoms with Gasteiger partial charge in [-0.2, -0.15) is 0 Å². The zero-order valence-corrected chi connectivity index (χ0v) is 18.4. The maximum atomic E-state index is 8.20. The molecule has 31 heavy (non-hydrogen) atoms. The quantitative estimate of drug-likeness (QED) is 0.406. The lowest BCUT2D eigenvalue weighted by molar-refractivity contribution is 0.323. The molecular formula is C23H25N5O2S. The minimum absolute atomic E-state index is 0.179. The molecule has 2 aromatic carbocycles. The van der Waals surface area contributed by atoms with E-state index in [0.717, 1.165) is 35.0 Å². The zero-order chi connectivity index (χ0) is 21.6. The Labute approximate surface area is 185 Å². The fourth-order valence-electron chi connectivity index (χ4n) is 3.27. The van der Waals surface area contributed by atoms with Gasteiger partial charge in [0.2, 0.25) is 0 Å². The van der Waals surface area contributed by atoms with Crippen molar-refractivity contribution in [3.63, 3.8) is 0 Å². The van der Waals surface area contributed by atoms with E-state index in [0.29, 0.717) is 23.9 Å². The van der Waals surface area contributed by atoms with Crippen molar-refractivity contribution in [3.05, 3.63) is 65.9 Å². The van der Waals surface area contributed by atoms with Gasteiger partial charge in [0.05, 0.1) is 24.4 Å². The highest BCUT2D eigenvalue weighted by molar-refractivity contribution is 7.99. The molecule has 0 aliphatic rings. The van der Waals surface area contributed by atoms with Gasteiger partial charge in [0, 0.05) is 6.54 Å². The number of ether oxygens (including phenoxy) is 2. The van der Waals surface area contributed by atoms with Crippen LogP contribution in [0, 0.1) is 5.41 Å². The minimum atomic E-state index is 0.179. The minimum Gasteiger partial charge on any atom is -0.494 e. The summed E-state index contributed by atoms with van der Waals surface area (Å²) in [6, 6.07) is 16.1. The number of hydrogen-bond donors (Lipinski definition) is 2. The van der Waals surface area contributed by atoms with Gasteiger partial charge in [-0.05, 0) is 55.8 Å². The van der Waals surface area contributed by atoms with Crippen molar-refractivity contribution >= 4 is 22.9 Å². The average Bonchev–Trinajstić information content (AvgIpc) is 3.21. The summed E-state index contributed by atoms with van der Waals surface area (Å²) in [6.45, 7) is 5.81. The van der Waals surface area contributed by atoms with Gasteiger partial charge in [0.25, 0.3) is 0 Å². The summed E-state index contributed by atoms with van der Waals surface area (Å²) in [5.74, 6) is 1.56. The number of benzene rings is 2. The molecule has 0 aliphatic carbocycles. The highest BCUT2D eigenvalue weighted by Gasteiger charge is 2.14. The molecule has 2 heterocycles. The molecule has 0 saturated carbocycles. The molecule has 4 aromatic rings. The second-order valence-corrected chi connectivity index (χ2v) is 7.87. The molecule has 0 amide bonds. The Hall–Kier alpha value is -3.26. The Bertz CT molecular complexity index is 1220. The first kappa shape index (κ1) is 21.0. The molecule has 8 heteroatoms. The molecule has 0 saturated heterocycles. The topological polar surface area (TPSA) is 88.8 Å². The van der Waals surface area contributed by atoms with Crippen LogP contribution in [0.5, 0.6) is 11.5 Å². The molecule has 0 radical (unpaired) electrons. The average molecular weight is 436 g/mol. The second-order valence-electron chi connectivity index (χ2n) is 6.84. The predicted octanol–water partition coefficient (Wildman–Crippen LogP) is 4.43. The highest BCUT2D eigenvalue weighted by atomic mass is 32.2. The van der Waals surface area contributed by atoms with Gasteiger partial charge < -0.3 is 19.0 Å². The van der Waals surface area contributed by atoms with Crippen molar-refractivity contribution in [2.24, 2.45) is 0 Å². The van der Waals surface area contributed by atoms with Crippen molar-refractivity contribution in [3.8, 4) is 11.5 Å². The Kier molecular flexibility index (Phi) is 6.57. The molecule has 0 aliphatic heterocycles. The van der Waals surface area contributed by atoms with Gasteiger partial charge in [0.1, 0.15) is 17.0 Å². The van der Waals surface area contributed by atoms with Gasteiger partial charge in [-0.3, -0.25) is 5.41 Å². The summed E-state index contributed by atoms with van der Waals surface area (Å²) < 4.78 is 13.4. The van der Waals surface area contributed by atoms with Crippen molar-refractivity contribution in [1.82, 2.24) is 19.5 Å². The summed E-state index contributed by atoms with van der Waals surface area (Å²) in [5.41, 5.74) is 2.77. The van der Waals surface area contributed by atoms with Gasteiger partial charge >= 0.3 is 0 Å². The summed E-state index contributed by atoms with van der Waals surface area (Å²) in [4.78, 5) is 13.2. The lowest BCUT2D eigenvalue weighted by Crippen LogP contribution is -2.13. The van der Waals surface area contributed by atoms with Crippen LogP contribution < -0.4 is 15.0 Å². The number of nitrogens with zero attached hydrogens (tertiary/aromatic N) is 3. The van der Waals surface area contributed by atoms with E-state index >= 15 is 0 Å². The molecule has 0 bridgehead atoms. The maximum Gasteiger partial charge on any atom is 0.173 e. The first-order valence-corrected chi connectivity index (χ1v) is 11.1. The Morgan fingerprint density at radius 1 is 1.06 bits per heavy atom. The fourth-order valence-corrected chi connectivity index (χ4v) is 4.17. The van der Waals surface area contributed by atoms with Gasteiger partial charge in [-0.25, -0.2) is 9.97 Å². The van der Waals surface area contributed by atoms with Crippen LogP contribution in [0.4, 0.5) is 0 Å². The van der Waals surface area contributed by atoms with E-state index in [1.165, 1.54) is 17.3 Å². The molecule has 2 aromatic heterocycles. The van der Waals surface area contributed by atoms with E-state index in [4.69, 9.17) is 19.9 Å². The van der Waals surface area contributed by atoms with Gasteiger partial charge in [-0.15, -0.1) is 0 Å². The monoisotopic (exact) mass is 435 g/mol. The van der Waals surface area contributed by atoms with Gasteiger partial charge in [0.15, 0.2) is 16.3 Å². The maximum absolute atomic E-state index is 8.20. The second kappa shape index (κ2) is 9.70. The summed E-state index contributed by atoms with van der Waals surface area (Å²) in [6.07, 6.45) is 2.55. The van der Waals surface area contributed by atoms with Crippen LogP contribution >= 0.6 is 11.8 Å². The van der Waals surface area contributed by atoms with Crippen LogP contribution in [0.1, 0.15) is 19.4 Å². The lowest BCUT2D eigenvalue weighted by atomic mass is 10.1. The number of H-pyrrole nitrogens is 1. The van der Waals surface area contributed by atoms with Crippen LogP contribution in [-0.4, -0.2) is 32.7 Å². The Morgan fingerprint density at radius 3 is 2.65 bits per heavy atom. The molecule has 2 N–H and O–H groups in total. The first-order valence-electron chi connectivity index (χ1n) is 10.3. The van der Waals surface area contributed by atoms with Crippen molar-refractivity contribution in [1.29, 1.82) is 5.41 Å². The van der Waals surface area contributed by atoms with E-state index in [2.05, 4.69) is 22.1 Å². The SMILES string of the molecule is CCOc1ccc(OCC)c(Sc2nc3c([nH]2)c(=N)ncn3CCc2ccccc2)c1. The highest BCUT2D eigenvalue weighted by Crippen LogP contribution is 2.36. The number of fused-ring (bicyclic) bond motifs is 1. The summed E-state index contributed by atoms with van der Waals surface area (Å²) in [7, 11) is 0. The molecule has 0 unspecified atom stereocenters. The number of rotatable bonds is 9. The van der Waals surface area contributed by atoms with Crippen LogP contribution in [-0.2, 0) is 13.0 Å². The van der Waals surface area contributed by atoms with E-state index in [1.54, 1.807) is 6.33 Å². The fraction of sp³-hybridized carbons (Fsp3) is 0.261. The third kappa shape index (κ3) is 4.91. The predicted molar refractivity (Wildman–Crippen MR) is 121 cm³/mol. The van der Waals surface area contributed by atoms with Crippen LogP contribution in [0.15, 0.2) is 64.9 Å². The summed E-state index contributed by atoms with van der Waals surface area (Å²) in [5, 5.41) is 8.88. The zero-order valence-electron chi connectivity index (χ0n) is 17.6. The standard InChI is InChI=1S/C23H25N5O2S/c1-3-29-17-10-11-18(30-4-2)19(14-17)31-23-26-20-21(24)25-15-28(22(20)27-23)13-12-16-8-6-5-7-9-16/h5-11,14-15,24H,3-4,12-13H2,1-2H3,(H,26,27). The number of hydrogen-bond acceptors (Lipinski definition) is 6. The molecule has 0 atom stereocenters. The van der Waals surface area contributed by atoms with Crippen LogP contribution in [0.3, 0.4) is 0 Å². The third-order valence-electron chi connectivity index (χ3n) is 4.71. The van der Waals surface area contributed by atoms with E-state index in [-0.39, 0.29) is 5.49 Å². The third-order valence-corrected chi connectivity index (χ3v) is 5.64. The number of nitrogens with one attached hydrogen (secondary N) is 2. The lowest BCUT2D eigenvalue weighted by Gasteiger charge is -2.11. The van der Waals surface area contributed by atoms with E-state index in [9.17, 15) is 0 Å². The first-order chi connectivity index (χ1) is 15.2. The van der Waals surface area contributed by atoms with E-state index < -0.39 is 0 Å². The smallest absolute Gasteiger partial charge is 0.173 e. The largest absolute Gasteiger partial charge is 0.494 e. The number of aromatic nitrogens is 4. The molecule has 7 nitrogen and oxygen atoms in total. The molecule has 4 rings (SSSR count). The Balaban J connectivity index is 1.64. The van der Waals surface area contributed by atoms with E-state index in [1.807, 2.05) is 54.8 Å². The van der Waals surface area contributed by atoms with Crippen LogP contribution in [0.25, 0.3) is 11.2 Å². The molecular weight excluding hydrogens is 410 g/mol. The van der Waals surface area contributed by atoms with Crippen LogP contribution in [0.2, 0.25) is 0 Å². The number of aryl methyl sites for hydroxylation is 2. The van der Waals surface area contributed by atoms with Gasteiger partial charge in [-0.1, -0.05) is 30.3 Å². The van der Waals surface area contributed by atoms with Crippen molar-refractivity contribution < 1.29 is 9.47 Å². The Morgan fingerprint density at radius 2 is 1.87 bits per heavy atom. The molecule has 0 spiro atoms. The molecule has 0 fully saturated rings. The number of aromatic amines is 1.